The van der Waals surface area contributed by atoms with E-state index in [0.29, 0.717) is 13.2 Å². The number of alkyl halides is 3. The first-order valence-corrected chi connectivity index (χ1v) is 6.14. The molecule has 1 aromatic rings. The van der Waals surface area contributed by atoms with Gasteiger partial charge in [0.15, 0.2) is 5.69 Å². The first kappa shape index (κ1) is 14.8. The number of hydrazine groups is 1. The van der Waals surface area contributed by atoms with E-state index in [0.717, 1.165) is 18.9 Å². The highest BCUT2D eigenvalue weighted by Crippen LogP contribution is 2.34. The van der Waals surface area contributed by atoms with Crippen LogP contribution >= 0.6 is 0 Å². The second kappa shape index (κ2) is 5.80. The van der Waals surface area contributed by atoms with Crippen molar-refractivity contribution in [2.75, 3.05) is 30.6 Å². The fourth-order valence-corrected chi connectivity index (χ4v) is 1.85. The van der Waals surface area contributed by atoms with E-state index in [2.05, 4.69) is 15.4 Å². The molecule has 0 radical (unpaired) electrons. The Morgan fingerprint density at radius 2 is 2.15 bits per heavy atom. The smallest absolute Gasteiger partial charge is 0.383 e. The second-order valence-corrected chi connectivity index (χ2v) is 4.49. The van der Waals surface area contributed by atoms with E-state index in [-0.39, 0.29) is 17.8 Å². The third-order valence-corrected chi connectivity index (χ3v) is 2.95. The number of hydrogen-bond donors (Lipinski definition) is 2. The Hall–Kier alpha value is -1.61. The van der Waals surface area contributed by atoms with E-state index in [1.807, 2.05) is 0 Å². The van der Waals surface area contributed by atoms with E-state index in [9.17, 15) is 13.2 Å². The number of nitrogens with two attached hydrogens (primary N) is 1. The molecule has 0 atom stereocenters. The highest BCUT2D eigenvalue weighted by molar-refractivity contribution is 5.47. The van der Waals surface area contributed by atoms with Gasteiger partial charge in [-0.15, -0.1) is 0 Å². The summed E-state index contributed by atoms with van der Waals surface area (Å²) in [6.07, 6.45) is -2.68. The van der Waals surface area contributed by atoms with Gasteiger partial charge in [-0.3, -0.25) is 5.43 Å². The maximum Gasteiger partial charge on any atom is 0.433 e. The van der Waals surface area contributed by atoms with E-state index < -0.39 is 11.9 Å². The zero-order valence-corrected chi connectivity index (χ0v) is 10.9. The van der Waals surface area contributed by atoms with Crippen LogP contribution in [0.2, 0.25) is 0 Å². The largest absolute Gasteiger partial charge is 0.433 e. The standard InChI is InChI=1S/C11H16F3N5O/c1-20-5-4-19(7-2-3-7)9-6-8(11(12,13)14)16-10(17-9)18-15/h6-7H,2-5,15H2,1H3,(H,16,17,18). The summed E-state index contributed by atoms with van der Waals surface area (Å²) >= 11 is 0. The predicted molar refractivity (Wildman–Crippen MR) is 67.1 cm³/mol. The Labute approximate surface area is 114 Å². The van der Waals surface area contributed by atoms with Crippen molar-refractivity contribution in [2.45, 2.75) is 25.1 Å². The summed E-state index contributed by atoms with van der Waals surface area (Å²) in [4.78, 5) is 9.13. The van der Waals surface area contributed by atoms with Crippen LogP contribution in [0.1, 0.15) is 18.5 Å². The number of nitrogen functional groups attached to an aromatic ring is 1. The van der Waals surface area contributed by atoms with Crippen molar-refractivity contribution in [2.24, 2.45) is 5.84 Å². The average molecular weight is 291 g/mol. The molecule has 0 amide bonds. The monoisotopic (exact) mass is 291 g/mol. The van der Waals surface area contributed by atoms with Gasteiger partial charge >= 0.3 is 6.18 Å². The maximum absolute atomic E-state index is 12.8. The van der Waals surface area contributed by atoms with E-state index in [1.54, 1.807) is 12.0 Å². The molecular weight excluding hydrogens is 275 g/mol. The summed E-state index contributed by atoms with van der Waals surface area (Å²) in [6, 6.07) is 1.14. The van der Waals surface area contributed by atoms with Crippen molar-refractivity contribution in [3.05, 3.63) is 11.8 Å². The molecule has 1 aliphatic carbocycles. The molecule has 0 aliphatic heterocycles. The lowest BCUT2D eigenvalue weighted by molar-refractivity contribution is -0.141. The highest BCUT2D eigenvalue weighted by Gasteiger charge is 2.36. The third-order valence-electron chi connectivity index (χ3n) is 2.95. The van der Waals surface area contributed by atoms with Crippen LogP contribution in [-0.4, -0.2) is 36.3 Å². The van der Waals surface area contributed by atoms with Gasteiger partial charge in [-0.2, -0.15) is 18.2 Å². The number of rotatable bonds is 6. The fraction of sp³-hybridized carbons (Fsp3) is 0.636. The van der Waals surface area contributed by atoms with Crippen LogP contribution in [0.3, 0.4) is 0 Å². The molecule has 0 unspecified atom stereocenters. The van der Waals surface area contributed by atoms with Gasteiger partial charge in [0, 0.05) is 25.8 Å². The molecule has 1 saturated carbocycles. The van der Waals surface area contributed by atoms with Gasteiger partial charge in [-0.05, 0) is 12.8 Å². The van der Waals surface area contributed by atoms with E-state index in [4.69, 9.17) is 10.6 Å². The number of halogens is 3. The van der Waals surface area contributed by atoms with Gasteiger partial charge in [0.25, 0.3) is 0 Å². The van der Waals surface area contributed by atoms with Crippen molar-refractivity contribution in [3.8, 4) is 0 Å². The molecule has 3 N–H and O–H groups in total. The van der Waals surface area contributed by atoms with Gasteiger partial charge < -0.3 is 9.64 Å². The number of anilines is 2. The topological polar surface area (TPSA) is 76.3 Å². The molecule has 9 heteroatoms. The van der Waals surface area contributed by atoms with Gasteiger partial charge in [0.2, 0.25) is 5.95 Å². The normalized spacial score (nSPS) is 15.2. The maximum atomic E-state index is 12.8. The summed E-state index contributed by atoms with van der Waals surface area (Å²) < 4.78 is 43.4. The molecule has 112 valence electrons. The molecule has 1 aliphatic rings. The van der Waals surface area contributed by atoms with Gasteiger partial charge in [-0.1, -0.05) is 0 Å². The number of nitrogens with zero attached hydrogens (tertiary/aromatic N) is 3. The molecule has 1 heterocycles. The van der Waals surface area contributed by atoms with Crippen LogP contribution in [0.15, 0.2) is 6.07 Å². The van der Waals surface area contributed by atoms with Gasteiger partial charge in [-0.25, -0.2) is 10.8 Å². The Morgan fingerprint density at radius 3 is 2.65 bits per heavy atom. The molecule has 1 fully saturated rings. The minimum absolute atomic E-state index is 0.201. The number of hydrogen-bond acceptors (Lipinski definition) is 6. The quantitative estimate of drug-likeness (QED) is 0.609. The second-order valence-electron chi connectivity index (χ2n) is 4.49. The lowest BCUT2D eigenvalue weighted by Gasteiger charge is -2.24. The Kier molecular flexibility index (Phi) is 4.29. The molecular formula is C11H16F3N5O. The van der Waals surface area contributed by atoms with Crippen molar-refractivity contribution in [3.63, 3.8) is 0 Å². The van der Waals surface area contributed by atoms with Crippen molar-refractivity contribution in [1.29, 1.82) is 0 Å². The number of ether oxygens (including phenoxy) is 1. The molecule has 0 saturated heterocycles. The Morgan fingerprint density at radius 1 is 1.45 bits per heavy atom. The van der Waals surface area contributed by atoms with Crippen molar-refractivity contribution >= 4 is 11.8 Å². The molecule has 0 bridgehead atoms. The molecule has 20 heavy (non-hydrogen) atoms. The molecule has 6 nitrogen and oxygen atoms in total. The minimum atomic E-state index is -4.54. The summed E-state index contributed by atoms with van der Waals surface area (Å²) in [5.74, 6) is 5.09. The minimum Gasteiger partial charge on any atom is -0.383 e. The zero-order chi connectivity index (χ0) is 14.8. The molecule has 0 aromatic carbocycles. The lowest BCUT2D eigenvalue weighted by Crippen LogP contribution is -2.31. The predicted octanol–water partition coefficient (Wildman–Crippen LogP) is 1.40. The van der Waals surface area contributed by atoms with Crippen molar-refractivity contribution < 1.29 is 17.9 Å². The Bertz CT molecular complexity index is 464. The first-order valence-electron chi connectivity index (χ1n) is 6.14. The lowest BCUT2D eigenvalue weighted by atomic mass is 10.3. The average Bonchev–Trinajstić information content (AvgIpc) is 3.22. The molecule has 0 spiro atoms. The molecule has 2 rings (SSSR count). The van der Waals surface area contributed by atoms with Gasteiger partial charge in [0.1, 0.15) is 5.82 Å². The number of nitrogens with one attached hydrogen (secondary N) is 1. The van der Waals surface area contributed by atoms with Crippen LogP contribution in [0.5, 0.6) is 0 Å². The third kappa shape index (κ3) is 3.48. The number of aromatic nitrogens is 2. The van der Waals surface area contributed by atoms with Gasteiger partial charge in [0.05, 0.1) is 6.61 Å². The Balaban J connectivity index is 2.32. The van der Waals surface area contributed by atoms with Crippen LogP contribution in [-0.2, 0) is 10.9 Å². The fourth-order valence-electron chi connectivity index (χ4n) is 1.85. The highest BCUT2D eigenvalue weighted by atomic mass is 19.4. The zero-order valence-electron chi connectivity index (χ0n) is 10.9. The summed E-state index contributed by atoms with van der Waals surface area (Å²) in [5, 5.41) is 0. The summed E-state index contributed by atoms with van der Waals surface area (Å²) in [7, 11) is 1.54. The van der Waals surface area contributed by atoms with E-state index in [1.165, 1.54) is 0 Å². The van der Waals surface area contributed by atoms with Crippen molar-refractivity contribution in [1.82, 2.24) is 9.97 Å². The van der Waals surface area contributed by atoms with E-state index >= 15 is 0 Å². The van der Waals surface area contributed by atoms with Crippen LogP contribution in [0.4, 0.5) is 24.9 Å². The first-order chi connectivity index (χ1) is 9.45. The SMILES string of the molecule is COCCN(c1cc(C(F)(F)F)nc(NN)n1)C1CC1. The summed E-state index contributed by atoms with van der Waals surface area (Å²) in [5.41, 5.74) is 1.05. The number of methoxy groups -OCH3 is 1. The van der Waals surface area contributed by atoms with Crippen LogP contribution in [0.25, 0.3) is 0 Å². The van der Waals surface area contributed by atoms with Crippen LogP contribution in [0, 0.1) is 0 Å². The van der Waals surface area contributed by atoms with Crippen LogP contribution < -0.4 is 16.2 Å². The molecule has 1 aromatic heterocycles. The summed E-state index contributed by atoms with van der Waals surface area (Å²) in [6.45, 7) is 0.882.